The van der Waals surface area contributed by atoms with E-state index in [9.17, 15) is 0 Å². The molecule has 0 aliphatic carbocycles. The van der Waals surface area contributed by atoms with Gasteiger partial charge in [0.25, 0.3) is 0 Å². The molecule has 14 heavy (non-hydrogen) atoms. The lowest BCUT2D eigenvalue weighted by Gasteiger charge is -2.21. The van der Waals surface area contributed by atoms with Crippen molar-refractivity contribution in [3.05, 3.63) is 23.5 Å². The first kappa shape index (κ1) is 9.97. The molecule has 1 fully saturated rings. The van der Waals surface area contributed by atoms with Crippen molar-refractivity contribution in [1.82, 2.24) is 4.68 Å². The van der Waals surface area contributed by atoms with E-state index in [1.807, 2.05) is 0 Å². The molecule has 0 spiro atoms. The van der Waals surface area contributed by atoms with E-state index in [-0.39, 0.29) is 0 Å². The average Bonchev–Trinajstić information content (AvgIpc) is 2.67. The molecule has 2 unspecified atom stereocenters. The van der Waals surface area contributed by atoms with Crippen LogP contribution in [-0.4, -0.2) is 21.7 Å². The van der Waals surface area contributed by atoms with E-state index in [1.165, 1.54) is 23.6 Å². The molecule has 3 heteroatoms. The van der Waals surface area contributed by atoms with E-state index in [0.29, 0.717) is 6.04 Å². The van der Waals surface area contributed by atoms with Crippen molar-refractivity contribution in [2.75, 3.05) is 11.2 Å². The lowest BCUT2D eigenvalue weighted by molar-refractivity contribution is 0.624. The lowest BCUT2D eigenvalue weighted by atomic mass is 10.2. The van der Waals surface area contributed by atoms with Crippen LogP contribution in [0.4, 0.5) is 0 Å². The van der Waals surface area contributed by atoms with Crippen LogP contribution in [0.2, 0.25) is 0 Å². The van der Waals surface area contributed by atoms with Gasteiger partial charge in [0.05, 0.1) is 6.04 Å². The highest BCUT2D eigenvalue weighted by atomic mass is 32.2. The number of nitrogens with zero attached hydrogens (tertiary/aromatic N) is 1. The van der Waals surface area contributed by atoms with Crippen molar-refractivity contribution in [3.8, 4) is 0 Å². The molecule has 2 rings (SSSR count). The van der Waals surface area contributed by atoms with Crippen LogP contribution in [0.15, 0.2) is 12.1 Å². The standard InChI is InChI=1S/C11H18N2S/c1-8-4-5-9(2)13(8)12-11-6-7-14-10(11)3/h4-5,10-12H,6-7H2,1-3H3. The first-order chi connectivity index (χ1) is 6.68. The fourth-order valence-corrected chi connectivity index (χ4v) is 3.13. The minimum Gasteiger partial charge on any atom is -0.322 e. The molecule has 1 aliphatic rings. The summed E-state index contributed by atoms with van der Waals surface area (Å²) in [4.78, 5) is 0. The topological polar surface area (TPSA) is 17.0 Å². The highest BCUT2D eigenvalue weighted by Crippen LogP contribution is 2.27. The van der Waals surface area contributed by atoms with Crippen LogP contribution in [0.25, 0.3) is 0 Å². The third-order valence-corrected chi connectivity index (χ3v) is 4.27. The summed E-state index contributed by atoms with van der Waals surface area (Å²) in [6, 6.07) is 4.95. The Kier molecular flexibility index (Phi) is 2.77. The molecule has 2 atom stereocenters. The zero-order valence-corrected chi connectivity index (χ0v) is 9.90. The van der Waals surface area contributed by atoms with Crippen LogP contribution in [0.5, 0.6) is 0 Å². The molecule has 1 aromatic rings. The summed E-state index contributed by atoms with van der Waals surface area (Å²) < 4.78 is 2.22. The SMILES string of the molecule is Cc1ccc(C)n1NC1CCSC1C. The zero-order valence-electron chi connectivity index (χ0n) is 9.08. The van der Waals surface area contributed by atoms with Gasteiger partial charge in [-0.25, -0.2) is 0 Å². The molecule has 0 radical (unpaired) electrons. The minimum atomic E-state index is 0.629. The fourth-order valence-electron chi connectivity index (χ4n) is 1.94. The van der Waals surface area contributed by atoms with Gasteiger partial charge in [-0.05, 0) is 38.2 Å². The Morgan fingerprint density at radius 3 is 2.50 bits per heavy atom. The number of hydrogen-bond acceptors (Lipinski definition) is 2. The van der Waals surface area contributed by atoms with Crippen LogP contribution < -0.4 is 5.43 Å². The van der Waals surface area contributed by atoms with Crippen molar-refractivity contribution in [1.29, 1.82) is 0 Å². The molecule has 0 amide bonds. The molecule has 1 saturated heterocycles. The minimum absolute atomic E-state index is 0.629. The van der Waals surface area contributed by atoms with E-state index in [2.05, 4.69) is 54.8 Å². The Labute approximate surface area is 90.0 Å². The summed E-state index contributed by atoms with van der Waals surface area (Å²) in [7, 11) is 0. The monoisotopic (exact) mass is 210 g/mol. The van der Waals surface area contributed by atoms with Crippen molar-refractivity contribution < 1.29 is 0 Å². The van der Waals surface area contributed by atoms with E-state index in [4.69, 9.17) is 0 Å². The number of aromatic nitrogens is 1. The van der Waals surface area contributed by atoms with E-state index >= 15 is 0 Å². The summed E-state index contributed by atoms with van der Waals surface area (Å²) >= 11 is 2.06. The summed E-state index contributed by atoms with van der Waals surface area (Å²) in [5.41, 5.74) is 6.20. The quantitative estimate of drug-likeness (QED) is 0.808. The Morgan fingerprint density at radius 2 is 2.00 bits per heavy atom. The third kappa shape index (κ3) is 1.78. The number of thioether (sulfide) groups is 1. The Hall–Kier alpha value is -0.570. The summed E-state index contributed by atoms with van der Waals surface area (Å²) in [6.07, 6.45) is 1.28. The van der Waals surface area contributed by atoms with Crippen LogP contribution in [0, 0.1) is 13.8 Å². The Balaban J connectivity index is 2.10. The molecule has 78 valence electrons. The highest BCUT2D eigenvalue weighted by Gasteiger charge is 2.24. The van der Waals surface area contributed by atoms with E-state index in [1.54, 1.807) is 0 Å². The van der Waals surface area contributed by atoms with Crippen molar-refractivity contribution >= 4 is 11.8 Å². The first-order valence-electron chi connectivity index (χ1n) is 5.21. The van der Waals surface area contributed by atoms with Gasteiger partial charge in [0.1, 0.15) is 0 Å². The molecule has 1 aliphatic heterocycles. The maximum Gasteiger partial charge on any atom is 0.0548 e. The van der Waals surface area contributed by atoms with Gasteiger partial charge < -0.3 is 5.43 Å². The largest absolute Gasteiger partial charge is 0.322 e. The van der Waals surface area contributed by atoms with Crippen LogP contribution in [-0.2, 0) is 0 Å². The molecule has 0 aromatic carbocycles. The first-order valence-corrected chi connectivity index (χ1v) is 6.26. The third-order valence-electron chi connectivity index (χ3n) is 2.94. The summed E-state index contributed by atoms with van der Waals surface area (Å²) in [6.45, 7) is 6.60. The predicted octanol–water partition coefficient (Wildman–Crippen LogP) is 2.54. The Bertz CT molecular complexity index is 300. The number of rotatable bonds is 2. The van der Waals surface area contributed by atoms with Gasteiger partial charge in [-0.3, -0.25) is 4.68 Å². The Morgan fingerprint density at radius 1 is 1.36 bits per heavy atom. The van der Waals surface area contributed by atoms with Crippen LogP contribution in [0.1, 0.15) is 24.7 Å². The zero-order chi connectivity index (χ0) is 10.1. The molecular formula is C11H18N2S. The van der Waals surface area contributed by atoms with Crippen LogP contribution >= 0.6 is 11.8 Å². The number of hydrogen-bond donors (Lipinski definition) is 1. The maximum absolute atomic E-state index is 3.60. The van der Waals surface area contributed by atoms with Crippen LogP contribution in [0.3, 0.4) is 0 Å². The number of nitrogens with one attached hydrogen (secondary N) is 1. The van der Waals surface area contributed by atoms with Gasteiger partial charge >= 0.3 is 0 Å². The van der Waals surface area contributed by atoms with Gasteiger partial charge in [0.2, 0.25) is 0 Å². The van der Waals surface area contributed by atoms with Gasteiger partial charge in [0.15, 0.2) is 0 Å². The second kappa shape index (κ2) is 3.89. The molecule has 0 saturated carbocycles. The second-order valence-corrected chi connectivity index (χ2v) is 5.54. The summed E-state index contributed by atoms with van der Waals surface area (Å²) in [5, 5.41) is 0.733. The molecule has 2 heterocycles. The molecule has 1 aromatic heterocycles. The molecule has 2 nitrogen and oxygen atoms in total. The van der Waals surface area contributed by atoms with E-state index < -0.39 is 0 Å². The van der Waals surface area contributed by atoms with Crippen molar-refractivity contribution in [2.45, 2.75) is 38.5 Å². The van der Waals surface area contributed by atoms with E-state index in [0.717, 1.165) is 5.25 Å². The number of aryl methyl sites for hydroxylation is 2. The molecular weight excluding hydrogens is 192 g/mol. The second-order valence-electron chi connectivity index (χ2n) is 4.05. The predicted molar refractivity (Wildman–Crippen MR) is 63.6 cm³/mol. The highest BCUT2D eigenvalue weighted by molar-refractivity contribution is 8.00. The van der Waals surface area contributed by atoms with Gasteiger partial charge in [0, 0.05) is 16.6 Å². The van der Waals surface area contributed by atoms with Gasteiger partial charge in [-0.2, -0.15) is 11.8 Å². The van der Waals surface area contributed by atoms with Crippen molar-refractivity contribution in [2.24, 2.45) is 0 Å². The fraction of sp³-hybridized carbons (Fsp3) is 0.636. The normalized spacial score (nSPS) is 26.8. The summed E-state index contributed by atoms with van der Waals surface area (Å²) in [5.74, 6) is 1.29. The smallest absolute Gasteiger partial charge is 0.0548 e. The maximum atomic E-state index is 3.60. The van der Waals surface area contributed by atoms with Crippen molar-refractivity contribution in [3.63, 3.8) is 0 Å². The van der Waals surface area contributed by atoms with Gasteiger partial charge in [-0.15, -0.1) is 0 Å². The average molecular weight is 210 g/mol. The lowest BCUT2D eigenvalue weighted by Crippen LogP contribution is -2.33. The molecule has 1 N–H and O–H groups in total. The van der Waals surface area contributed by atoms with Gasteiger partial charge in [-0.1, -0.05) is 6.92 Å². The molecule has 0 bridgehead atoms.